The Hall–Kier alpha value is -2.27. The Morgan fingerprint density at radius 3 is 2.90 bits per heavy atom. The van der Waals surface area contributed by atoms with Gasteiger partial charge in [0, 0.05) is 23.3 Å². The van der Waals surface area contributed by atoms with Gasteiger partial charge in [-0.2, -0.15) is 4.98 Å². The molecule has 100 valence electrons. The lowest BCUT2D eigenvalue weighted by Gasteiger charge is -2.34. The summed E-state index contributed by atoms with van der Waals surface area (Å²) in [4.78, 5) is 8.63. The van der Waals surface area contributed by atoms with Crippen LogP contribution in [0.2, 0.25) is 0 Å². The fourth-order valence-corrected chi connectivity index (χ4v) is 2.63. The summed E-state index contributed by atoms with van der Waals surface area (Å²) >= 11 is 0. The maximum Gasteiger partial charge on any atom is 0.258 e. The summed E-state index contributed by atoms with van der Waals surface area (Å²) in [6.07, 6.45) is 6.56. The number of benzene rings is 1. The SMILES string of the molecule is NC1(c2noc(-c3cccc4cnccc34)n2)CCC1. The van der Waals surface area contributed by atoms with Crippen molar-refractivity contribution < 1.29 is 4.52 Å². The van der Waals surface area contributed by atoms with E-state index in [2.05, 4.69) is 15.1 Å². The molecule has 3 aromatic rings. The number of rotatable bonds is 2. The van der Waals surface area contributed by atoms with Crippen molar-refractivity contribution in [2.75, 3.05) is 0 Å². The largest absolute Gasteiger partial charge is 0.334 e. The van der Waals surface area contributed by atoms with Crippen LogP contribution in [-0.4, -0.2) is 15.1 Å². The molecule has 0 atom stereocenters. The van der Waals surface area contributed by atoms with Crippen molar-refractivity contribution >= 4 is 10.8 Å². The second-order valence-electron chi connectivity index (χ2n) is 5.34. The third-order valence-electron chi connectivity index (χ3n) is 4.03. The summed E-state index contributed by atoms with van der Waals surface area (Å²) in [7, 11) is 0. The highest BCUT2D eigenvalue weighted by Crippen LogP contribution is 2.38. The average molecular weight is 266 g/mol. The first kappa shape index (κ1) is 11.5. The Kier molecular flexibility index (Phi) is 2.37. The number of nitrogens with zero attached hydrogens (tertiary/aromatic N) is 3. The Morgan fingerprint density at radius 1 is 1.20 bits per heavy atom. The number of aromatic nitrogens is 3. The molecule has 0 spiro atoms. The second-order valence-corrected chi connectivity index (χ2v) is 5.34. The number of hydrogen-bond acceptors (Lipinski definition) is 5. The van der Waals surface area contributed by atoms with Gasteiger partial charge in [0.2, 0.25) is 0 Å². The lowest BCUT2D eigenvalue weighted by Crippen LogP contribution is -2.44. The summed E-state index contributed by atoms with van der Waals surface area (Å²) in [5, 5.41) is 6.17. The Labute approximate surface area is 115 Å². The minimum absolute atomic E-state index is 0.395. The van der Waals surface area contributed by atoms with Crippen molar-refractivity contribution in [1.29, 1.82) is 0 Å². The van der Waals surface area contributed by atoms with Crippen molar-refractivity contribution in [3.05, 3.63) is 42.5 Å². The van der Waals surface area contributed by atoms with Crippen molar-refractivity contribution in [2.45, 2.75) is 24.8 Å². The third kappa shape index (κ3) is 1.63. The fraction of sp³-hybridized carbons (Fsp3) is 0.267. The van der Waals surface area contributed by atoms with Crippen molar-refractivity contribution in [3.8, 4) is 11.5 Å². The molecule has 0 bridgehead atoms. The summed E-state index contributed by atoms with van der Waals surface area (Å²) in [5.74, 6) is 1.14. The van der Waals surface area contributed by atoms with E-state index in [0.29, 0.717) is 11.7 Å². The number of hydrogen-bond donors (Lipinski definition) is 1. The molecule has 1 fully saturated rings. The predicted octanol–water partition coefficient (Wildman–Crippen LogP) is 2.62. The monoisotopic (exact) mass is 266 g/mol. The molecule has 4 rings (SSSR count). The molecule has 2 N–H and O–H groups in total. The Bertz CT molecular complexity index is 771. The van der Waals surface area contributed by atoms with Crippen molar-refractivity contribution in [3.63, 3.8) is 0 Å². The van der Waals surface area contributed by atoms with Crippen LogP contribution in [0.1, 0.15) is 25.1 Å². The first-order chi connectivity index (χ1) is 9.76. The van der Waals surface area contributed by atoms with E-state index in [1.54, 1.807) is 6.20 Å². The molecule has 2 aromatic heterocycles. The minimum atomic E-state index is -0.395. The lowest BCUT2D eigenvalue weighted by molar-refractivity contribution is 0.229. The Morgan fingerprint density at radius 2 is 2.10 bits per heavy atom. The molecule has 0 radical (unpaired) electrons. The van der Waals surface area contributed by atoms with Crippen molar-refractivity contribution in [2.24, 2.45) is 5.73 Å². The van der Waals surface area contributed by atoms with Crippen LogP contribution in [0.4, 0.5) is 0 Å². The molecule has 1 aromatic carbocycles. The first-order valence-electron chi connectivity index (χ1n) is 6.72. The smallest absolute Gasteiger partial charge is 0.258 e. The molecule has 0 unspecified atom stereocenters. The molecule has 5 heteroatoms. The maximum atomic E-state index is 6.23. The van der Waals surface area contributed by atoms with Gasteiger partial charge in [-0.3, -0.25) is 4.98 Å². The maximum absolute atomic E-state index is 6.23. The number of fused-ring (bicyclic) bond motifs is 1. The van der Waals surface area contributed by atoms with Gasteiger partial charge < -0.3 is 10.3 Å². The van der Waals surface area contributed by atoms with Crippen LogP contribution in [0.15, 0.2) is 41.2 Å². The summed E-state index contributed by atoms with van der Waals surface area (Å²) in [5.41, 5.74) is 6.76. The van der Waals surface area contributed by atoms with Crippen LogP contribution >= 0.6 is 0 Å². The number of pyridine rings is 1. The van der Waals surface area contributed by atoms with Crippen molar-refractivity contribution in [1.82, 2.24) is 15.1 Å². The first-order valence-corrected chi connectivity index (χ1v) is 6.72. The minimum Gasteiger partial charge on any atom is -0.334 e. The molecule has 1 saturated carbocycles. The van der Waals surface area contributed by atoms with Crippen LogP contribution in [0.25, 0.3) is 22.2 Å². The zero-order valence-corrected chi connectivity index (χ0v) is 10.9. The summed E-state index contributed by atoms with van der Waals surface area (Å²) in [6.45, 7) is 0. The molecule has 5 nitrogen and oxygen atoms in total. The van der Waals surface area contributed by atoms with E-state index in [0.717, 1.165) is 35.6 Å². The van der Waals surface area contributed by atoms with Crippen LogP contribution in [-0.2, 0) is 5.54 Å². The molecule has 0 amide bonds. The molecular weight excluding hydrogens is 252 g/mol. The topological polar surface area (TPSA) is 77.8 Å². The van der Waals surface area contributed by atoms with E-state index in [1.807, 2.05) is 30.5 Å². The van der Waals surface area contributed by atoms with Gasteiger partial charge in [0.1, 0.15) is 0 Å². The molecular formula is C15H14N4O. The fourth-order valence-electron chi connectivity index (χ4n) is 2.63. The zero-order valence-electron chi connectivity index (χ0n) is 10.9. The van der Waals surface area contributed by atoms with E-state index < -0.39 is 5.54 Å². The number of nitrogens with two attached hydrogens (primary N) is 1. The van der Waals surface area contributed by atoms with Gasteiger partial charge in [0.15, 0.2) is 5.82 Å². The summed E-state index contributed by atoms with van der Waals surface area (Å²) < 4.78 is 5.42. The van der Waals surface area contributed by atoms with E-state index >= 15 is 0 Å². The quantitative estimate of drug-likeness (QED) is 0.771. The van der Waals surface area contributed by atoms with E-state index in [4.69, 9.17) is 10.3 Å². The Balaban J connectivity index is 1.83. The van der Waals surface area contributed by atoms with Gasteiger partial charge in [0.25, 0.3) is 5.89 Å². The van der Waals surface area contributed by atoms with Crippen LogP contribution in [0, 0.1) is 0 Å². The van der Waals surface area contributed by atoms with Gasteiger partial charge in [-0.1, -0.05) is 17.3 Å². The highest BCUT2D eigenvalue weighted by atomic mass is 16.5. The molecule has 2 heterocycles. The second kappa shape index (κ2) is 4.11. The van der Waals surface area contributed by atoms with Gasteiger partial charge >= 0.3 is 0 Å². The normalized spacial score (nSPS) is 17.1. The molecule has 1 aliphatic carbocycles. The van der Waals surface area contributed by atoms with E-state index in [-0.39, 0.29) is 0 Å². The molecule has 20 heavy (non-hydrogen) atoms. The lowest BCUT2D eigenvalue weighted by atomic mass is 9.77. The molecule has 0 saturated heterocycles. The summed E-state index contributed by atoms with van der Waals surface area (Å²) in [6, 6.07) is 7.91. The van der Waals surface area contributed by atoms with Gasteiger partial charge in [-0.05, 0) is 36.8 Å². The molecule has 1 aliphatic rings. The average Bonchev–Trinajstić information content (AvgIpc) is 2.94. The highest BCUT2D eigenvalue weighted by molar-refractivity contribution is 5.94. The molecule has 0 aliphatic heterocycles. The standard InChI is InChI=1S/C15H14N4O/c16-15(6-2-7-15)14-18-13(20-19-14)12-4-1-3-10-9-17-8-5-11(10)12/h1,3-5,8-9H,2,6-7,16H2. The van der Waals surface area contributed by atoms with Crippen LogP contribution in [0.5, 0.6) is 0 Å². The third-order valence-corrected chi connectivity index (χ3v) is 4.03. The van der Waals surface area contributed by atoms with Gasteiger partial charge in [-0.25, -0.2) is 0 Å². The predicted molar refractivity (Wildman–Crippen MR) is 74.8 cm³/mol. The van der Waals surface area contributed by atoms with Gasteiger partial charge in [0.05, 0.1) is 5.54 Å². The van der Waals surface area contributed by atoms with Crippen LogP contribution < -0.4 is 5.73 Å². The van der Waals surface area contributed by atoms with Crippen LogP contribution in [0.3, 0.4) is 0 Å². The highest BCUT2D eigenvalue weighted by Gasteiger charge is 2.39. The van der Waals surface area contributed by atoms with E-state index in [1.165, 1.54) is 0 Å². The van der Waals surface area contributed by atoms with Gasteiger partial charge in [-0.15, -0.1) is 0 Å². The van der Waals surface area contributed by atoms with E-state index in [9.17, 15) is 0 Å². The zero-order chi connectivity index (χ0) is 13.6.